The van der Waals surface area contributed by atoms with Gasteiger partial charge in [-0.3, -0.25) is 5.32 Å². The van der Waals surface area contributed by atoms with Crippen LogP contribution in [0.1, 0.15) is 0 Å². The second-order valence-electron chi connectivity index (χ2n) is 3.36. The van der Waals surface area contributed by atoms with Crippen molar-refractivity contribution in [3.63, 3.8) is 0 Å². The molecule has 88 valence electrons. The predicted octanol–water partition coefficient (Wildman–Crippen LogP) is 2.35. The zero-order valence-electron chi connectivity index (χ0n) is 9.35. The summed E-state index contributed by atoms with van der Waals surface area (Å²) in [5, 5.41) is 3.51. The van der Waals surface area contributed by atoms with E-state index in [1.165, 1.54) is 0 Å². The van der Waals surface area contributed by atoms with Crippen LogP contribution in [-0.2, 0) is 0 Å². The third kappa shape index (κ3) is 2.93. The van der Waals surface area contributed by atoms with E-state index in [0.29, 0.717) is 23.3 Å². The lowest BCUT2D eigenvalue weighted by atomic mass is 10.2. The average Bonchev–Trinajstić information content (AvgIpc) is 2.38. The number of ether oxygens (including phenoxy) is 1. The standard InChI is InChI=1S/C12H12ClN3O/c1-14-8-17-9-6-15-12(16-7-9)10-4-2-3-5-11(10)13/h2-7,14H,8H2,1H3. The second kappa shape index (κ2) is 5.61. The maximum absolute atomic E-state index is 6.06. The largest absolute Gasteiger partial charge is 0.475 e. The molecule has 0 aliphatic heterocycles. The maximum atomic E-state index is 6.06. The highest BCUT2D eigenvalue weighted by atomic mass is 35.5. The Bertz CT molecular complexity index is 487. The van der Waals surface area contributed by atoms with Crippen LogP contribution in [0.25, 0.3) is 11.4 Å². The minimum atomic E-state index is 0.425. The van der Waals surface area contributed by atoms with Gasteiger partial charge in [0.25, 0.3) is 0 Å². The van der Waals surface area contributed by atoms with Crippen molar-refractivity contribution in [2.45, 2.75) is 0 Å². The third-order valence-electron chi connectivity index (χ3n) is 2.13. The molecule has 1 aromatic heterocycles. The molecule has 0 aliphatic rings. The number of nitrogens with one attached hydrogen (secondary N) is 1. The van der Waals surface area contributed by atoms with Gasteiger partial charge in [-0.2, -0.15) is 0 Å². The van der Waals surface area contributed by atoms with Crippen LogP contribution >= 0.6 is 11.6 Å². The molecule has 4 nitrogen and oxygen atoms in total. The Balaban J connectivity index is 2.21. The van der Waals surface area contributed by atoms with Crippen molar-refractivity contribution < 1.29 is 4.74 Å². The van der Waals surface area contributed by atoms with E-state index >= 15 is 0 Å². The first-order valence-electron chi connectivity index (χ1n) is 5.15. The van der Waals surface area contributed by atoms with E-state index in [1.54, 1.807) is 19.4 Å². The van der Waals surface area contributed by atoms with Gasteiger partial charge in [-0.1, -0.05) is 23.7 Å². The van der Waals surface area contributed by atoms with Gasteiger partial charge in [-0.05, 0) is 19.2 Å². The van der Waals surface area contributed by atoms with Gasteiger partial charge < -0.3 is 4.74 Å². The SMILES string of the molecule is CNCOc1cnc(-c2ccccc2Cl)nc1. The number of hydrogen-bond acceptors (Lipinski definition) is 4. The van der Waals surface area contributed by atoms with Crippen molar-refractivity contribution in [1.82, 2.24) is 15.3 Å². The Labute approximate surface area is 105 Å². The highest BCUT2D eigenvalue weighted by Crippen LogP contribution is 2.24. The molecule has 0 unspecified atom stereocenters. The van der Waals surface area contributed by atoms with Crippen molar-refractivity contribution in [2.75, 3.05) is 13.8 Å². The quantitative estimate of drug-likeness (QED) is 0.845. The second-order valence-corrected chi connectivity index (χ2v) is 3.77. The molecule has 0 bridgehead atoms. The van der Waals surface area contributed by atoms with Gasteiger partial charge in [0.15, 0.2) is 11.6 Å². The zero-order valence-corrected chi connectivity index (χ0v) is 10.1. The van der Waals surface area contributed by atoms with Gasteiger partial charge >= 0.3 is 0 Å². The van der Waals surface area contributed by atoms with Crippen molar-refractivity contribution in [2.24, 2.45) is 0 Å². The molecule has 0 spiro atoms. The molecule has 1 aromatic carbocycles. The molecule has 0 saturated carbocycles. The molecule has 2 aromatic rings. The van der Waals surface area contributed by atoms with E-state index in [9.17, 15) is 0 Å². The van der Waals surface area contributed by atoms with Gasteiger partial charge in [-0.15, -0.1) is 0 Å². The van der Waals surface area contributed by atoms with Crippen LogP contribution in [0, 0.1) is 0 Å². The van der Waals surface area contributed by atoms with Crippen LogP contribution < -0.4 is 10.1 Å². The highest BCUT2D eigenvalue weighted by Gasteiger charge is 2.05. The Hall–Kier alpha value is -1.65. The molecule has 17 heavy (non-hydrogen) atoms. The van der Waals surface area contributed by atoms with Crippen molar-refractivity contribution >= 4 is 11.6 Å². The molecule has 0 radical (unpaired) electrons. The molecular formula is C12H12ClN3O. The Morgan fingerprint density at radius 2 is 1.94 bits per heavy atom. The number of halogens is 1. The van der Waals surface area contributed by atoms with Gasteiger partial charge in [0.05, 0.1) is 17.4 Å². The Morgan fingerprint density at radius 3 is 2.59 bits per heavy atom. The number of benzene rings is 1. The lowest BCUT2D eigenvalue weighted by Gasteiger charge is -2.05. The molecule has 0 saturated heterocycles. The fourth-order valence-corrected chi connectivity index (χ4v) is 1.55. The molecule has 0 aliphatic carbocycles. The summed E-state index contributed by atoms with van der Waals surface area (Å²) in [5.41, 5.74) is 0.814. The lowest BCUT2D eigenvalue weighted by molar-refractivity contribution is 0.294. The molecule has 1 N–H and O–H groups in total. The number of hydrogen-bond donors (Lipinski definition) is 1. The van der Waals surface area contributed by atoms with Crippen LogP contribution in [-0.4, -0.2) is 23.7 Å². The summed E-state index contributed by atoms with van der Waals surface area (Å²) >= 11 is 6.06. The van der Waals surface area contributed by atoms with Crippen molar-refractivity contribution in [3.8, 4) is 17.1 Å². The van der Waals surface area contributed by atoms with Crippen LogP contribution in [0.5, 0.6) is 5.75 Å². The molecular weight excluding hydrogens is 238 g/mol. The first kappa shape index (κ1) is 11.8. The summed E-state index contributed by atoms with van der Waals surface area (Å²) < 4.78 is 5.31. The summed E-state index contributed by atoms with van der Waals surface area (Å²) in [5.74, 6) is 1.21. The van der Waals surface area contributed by atoms with E-state index in [4.69, 9.17) is 16.3 Å². The third-order valence-corrected chi connectivity index (χ3v) is 2.46. The predicted molar refractivity (Wildman–Crippen MR) is 67.0 cm³/mol. The zero-order chi connectivity index (χ0) is 12.1. The van der Waals surface area contributed by atoms with E-state index in [0.717, 1.165) is 5.56 Å². The van der Waals surface area contributed by atoms with Crippen molar-refractivity contribution in [1.29, 1.82) is 0 Å². The summed E-state index contributed by atoms with van der Waals surface area (Å²) in [4.78, 5) is 8.43. The summed E-state index contributed by atoms with van der Waals surface area (Å²) in [7, 11) is 1.80. The molecule has 1 heterocycles. The van der Waals surface area contributed by atoms with Crippen LogP contribution in [0.3, 0.4) is 0 Å². The molecule has 5 heteroatoms. The van der Waals surface area contributed by atoms with E-state index < -0.39 is 0 Å². The molecule has 2 rings (SSSR count). The van der Waals surface area contributed by atoms with Crippen LogP contribution in [0.4, 0.5) is 0 Å². The van der Waals surface area contributed by atoms with Gasteiger partial charge in [0, 0.05) is 5.56 Å². The Kier molecular flexibility index (Phi) is 3.90. The normalized spacial score (nSPS) is 10.2. The smallest absolute Gasteiger partial charge is 0.160 e. The first-order valence-corrected chi connectivity index (χ1v) is 5.53. The van der Waals surface area contributed by atoms with Gasteiger partial charge in [0.1, 0.15) is 6.73 Å². The number of aromatic nitrogens is 2. The van der Waals surface area contributed by atoms with Gasteiger partial charge in [-0.25, -0.2) is 9.97 Å². The van der Waals surface area contributed by atoms with Crippen molar-refractivity contribution in [3.05, 3.63) is 41.7 Å². The topological polar surface area (TPSA) is 47.0 Å². The molecule has 0 amide bonds. The lowest BCUT2D eigenvalue weighted by Crippen LogP contribution is -2.14. The van der Waals surface area contributed by atoms with E-state index in [-0.39, 0.29) is 0 Å². The average molecular weight is 250 g/mol. The minimum Gasteiger partial charge on any atom is -0.475 e. The Morgan fingerprint density at radius 1 is 1.24 bits per heavy atom. The molecule has 0 fully saturated rings. The number of rotatable bonds is 4. The van der Waals surface area contributed by atoms with E-state index in [1.807, 2.05) is 24.3 Å². The molecule has 0 atom stereocenters. The van der Waals surface area contributed by atoms with Crippen LogP contribution in [0.15, 0.2) is 36.7 Å². The highest BCUT2D eigenvalue weighted by molar-refractivity contribution is 6.33. The van der Waals surface area contributed by atoms with Gasteiger partial charge in [0.2, 0.25) is 0 Å². The summed E-state index contributed by atoms with van der Waals surface area (Å²) in [6.45, 7) is 0.425. The summed E-state index contributed by atoms with van der Waals surface area (Å²) in [6, 6.07) is 7.46. The van der Waals surface area contributed by atoms with E-state index in [2.05, 4.69) is 15.3 Å². The van der Waals surface area contributed by atoms with Crippen LogP contribution in [0.2, 0.25) is 5.02 Å². The monoisotopic (exact) mass is 249 g/mol. The fourth-order valence-electron chi connectivity index (χ4n) is 1.33. The minimum absolute atomic E-state index is 0.425. The maximum Gasteiger partial charge on any atom is 0.160 e. The summed E-state index contributed by atoms with van der Waals surface area (Å²) in [6.07, 6.45) is 3.26. The first-order chi connectivity index (χ1) is 8.31. The fraction of sp³-hybridized carbons (Fsp3) is 0.167. The number of nitrogens with zero attached hydrogens (tertiary/aromatic N) is 2.